The molecule has 0 bridgehead atoms. The first-order valence-electron chi connectivity index (χ1n) is 9.16. The van der Waals surface area contributed by atoms with Crippen molar-refractivity contribution in [3.8, 4) is 11.4 Å². The summed E-state index contributed by atoms with van der Waals surface area (Å²) in [6, 6.07) is 9.05. The molecule has 2 amide bonds. The molecule has 9 nitrogen and oxygen atoms in total. The topological polar surface area (TPSA) is 115 Å². The summed E-state index contributed by atoms with van der Waals surface area (Å²) in [5.41, 5.74) is 6.89. The molecule has 1 fully saturated rings. The van der Waals surface area contributed by atoms with Gasteiger partial charge in [0.15, 0.2) is 5.82 Å². The quantitative estimate of drug-likeness (QED) is 0.704. The first-order chi connectivity index (χ1) is 13.6. The number of likely N-dealkylation sites (tertiary alicyclic amines) is 1. The van der Waals surface area contributed by atoms with Crippen LogP contribution in [0.25, 0.3) is 11.4 Å². The van der Waals surface area contributed by atoms with E-state index in [0.717, 1.165) is 28.8 Å². The molecule has 1 aliphatic rings. The fourth-order valence-corrected chi connectivity index (χ4v) is 2.98. The summed E-state index contributed by atoms with van der Waals surface area (Å²) in [4.78, 5) is 28.6. The van der Waals surface area contributed by atoms with Gasteiger partial charge in [-0.2, -0.15) is 9.67 Å². The largest absolute Gasteiger partial charge is 0.372 e. The number of allylic oxidation sites excluding steroid dienone is 1. The van der Waals surface area contributed by atoms with Crippen molar-refractivity contribution >= 4 is 18.4 Å². The number of primary amides is 1. The summed E-state index contributed by atoms with van der Waals surface area (Å²) in [6.45, 7) is 3.41. The van der Waals surface area contributed by atoms with Crippen molar-refractivity contribution in [2.45, 2.75) is 25.9 Å². The average molecular weight is 384 g/mol. The van der Waals surface area contributed by atoms with Crippen LogP contribution in [-0.2, 0) is 9.53 Å². The van der Waals surface area contributed by atoms with Crippen LogP contribution in [-0.4, -0.2) is 57.9 Å². The number of nitrogens with two attached hydrogens (primary N) is 1. The van der Waals surface area contributed by atoms with Gasteiger partial charge in [0.2, 0.25) is 12.4 Å². The molecule has 0 unspecified atom stereocenters. The number of nitrogens with zero attached hydrogens (tertiary/aromatic N) is 4. The molecule has 3 rings (SSSR count). The first kappa shape index (κ1) is 19.6. The van der Waals surface area contributed by atoms with Gasteiger partial charge in [-0.1, -0.05) is 36.4 Å². The molecular formula is C19H24N6O3. The third-order valence-electron chi connectivity index (χ3n) is 4.61. The lowest BCUT2D eigenvalue weighted by Gasteiger charge is -2.30. The summed E-state index contributed by atoms with van der Waals surface area (Å²) in [6.07, 6.45) is 4.00. The molecule has 3 N–H and O–H groups in total. The van der Waals surface area contributed by atoms with Gasteiger partial charge in [0.05, 0.1) is 12.7 Å². The lowest BCUT2D eigenvalue weighted by atomic mass is 10.1. The number of carbonyl (C=O) groups excluding carboxylic acids is 2. The highest BCUT2D eigenvalue weighted by molar-refractivity contribution is 5.72. The zero-order valence-corrected chi connectivity index (χ0v) is 15.7. The Bertz CT molecular complexity index is 841. The van der Waals surface area contributed by atoms with Crippen molar-refractivity contribution in [2.24, 2.45) is 5.73 Å². The lowest BCUT2D eigenvalue weighted by Crippen LogP contribution is -2.43. The minimum Gasteiger partial charge on any atom is -0.372 e. The molecule has 9 heteroatoms. The Hall–Kier alpha value is -3.20. The van der Waals surface area contributed by atoms with Crippen molar-refractivity contribution < 1.29 is 14.3 Å². The van der Waals surface area contributed by atoms with Gasteiger partial charge in [-0.15, -0.1) is 5.10 Å². The normalized spacial score (nSPS) is 15.5. The third kappa shape index (κ3) is 4.74. The van der Waals surface area contributed by atoms with Gasteiger partial charge < -0.3 is 20.7 Å². The second-order valence-electron chi connectivity index (χ2n) is 6.45. The number of amides is 2. The maximum absolute atomic E-state index is 11.4. The van der Waals surface area contributed by atoms with E-state index >= 15 is 0 Å². The Morgan fingerprint density at radius 3 is 2.64 bits per heavy atom. The van der Waals surface area contributed by atoms with Gasteiger partial charge in [0, 0.05) is 24.4 Å². The van der Waals surface area contributed by atoms with Crippen LogP contribution in [0.15, 0.2) is 42.1 Å². The molecule has 1 aromatic heterocycles. The summed E-state index contributed by atoms with van der Waals surface area (Å²) in [5, 5.41) is 7.33. The van der Waals surface area contributed by atoms with E-state index in [-0.39, 0.29) is 6.10 Å². The van der Waals surface area contributed by atoms with Crippen molar-refractivity contribution in [1.82, 2.24) is 19.7 Å². The Labute approximate surface area is 163 Å². The molecule has 1 saturated heterocycles. The standard InChI is InChI=1S/C19H24N6O3/c1-2-15(12-28-16-8-10-24(11-9-16)18(20)27)21-19-22-17(23-25(19)13-26)14-6-4-3-5-7-14/h2-7,13,16H,8-12H2,1H3,(H2,20,27)(H,21,22,23)/b15-2-. The van der Waals surface area contributed by atoms with Crippen LogP contribution in [0.5, 0.6) is 0 Å². The van der Waals surface area contributed by atoms with Crippen LogP contribution >= 0.6 is 0 Å². The minimum atomic E-state index is -0.392. The Balaban J connectivity index is 1.60. The van der Waals surface area contributed by atoms with E-state index < -0.39 is 6.03 Å². The second kappa shape index (κ2) is 9.14. The lowest BCUT2D eigenvalue weighted by molar-refractivity contribution is 0.0281. The van der Waals surface area contributed by atoms with Crippen molar-refractivity contribution in [3.05, 3.63) is 42.1 Å². The maximum atomic E-state index is 11.4. The number of anilines is 1. The van der Waals surface area contributed by atoms with Gasteiger partial charge in [-0.05, 0) is 19.8 Å². The smallest absolute Gasteiger partial charge is 0.314 e. The average Bonchev–Trinajstić information content (AvgIpc) is 3.15. The number of hydrogen-bond donors (Lipinski definition) is 2. The highest BCUT2D eigenvalue weighted by Crippen LogP contribution is 2.19. The molecule has 0 spiro atoms. The van der Waals surface area contributed by atoms with Gasteiger partial charge in [-0.25, -0.2) is 4.79 Å². The van der Waals surface area contributed by atoms with E-state index in [1.54, 1.807) is 4.90 Å². The zero-order chi connectivity index (χ0) is 19.9. The van der Waals surface area contributed by atoms with Gasteiger partial charge in [0.25, 0.3) is 0 Å². The SMILES string of the molecule is C/C=C(/COC1CCN(C(N)=O)CC1)Nc1nc(-c2ccccc2)nn1C=O. The number of carbonyl (C=O) groups is 2. The van der Waals surface area contributed by atoms with E-state index in [1.165, 1.54) is 0 Å². The number of ether oxygens (including phenoxy) is 1. The van der Waals surface area contributed by atoms with Gasteiger partial charge in [-0.3, -0.25) is 4.79 Å². The van der Waals surface area contributed by atoms with Crippen LogP contribution in [0.3, 0.4) is 0 Å². The molecule has 0 aliphatic carbocycles. The van der Waals surface area contributed by atoms with Crippen molar-refractivity contribution in [2.75, 3.05) is 25.0 Å². The van der Waals surface area contributed by atoms with Gasteiger partial charge >= 0.3 is 6.03 Å². The molecule has 0 saturated carbocycles. The van der Waals surface area contributed by atoms with E-state index in [1.807, 2.05) is 43.3 Å². The number of aromatic nitrogens is 3. The summed E-state index contributed by atoms with van der Waals surface area (Å²) in [5.74, 6) is 0.791. The summed E-state index contributed by atoms with van der Waals surface area (Å²) >= 11 is 0. The van der Waals surface area contributed by atoms with Crippen LogP contribution < -0.4 is 11.1 Å². The molecule has 2 heterocycles. The van der Waals surface area contributed by atoms with Crippen LogP contribution in [0.4, 0.5) is 10.7 Å². The predicted octanol–water partition coefficient (Wildman–Crippen LogP) is 1.86. The Morgan fingerprint density at radius 1 is 1.32 bits per heavy atom. The predicted molar refractivity (Wildman–Crippen MR) is 105 cm³/mol. The number of rotatable bonds is 7. The van der Waals surface area contributed by atoms with E-state index in [2.05, 4.69) is 15.4 Å². The fraction of sp³-hybridized carbons (Fsp3) is 0.368. The van der Waals surface area contributed by atoms with Gasteiger partial charge in [0.1, 0.15) is 0 Å². The van der Waals surface area contributed by atoms with Crippen molar-refractivity contribution in [3.63, 3.8) is 0 Å². The van der Waals surface area contributed by atoms with E-state index in [4.69, 9.17) is 10.5 Å². The molecule has 1 aliphatic heterocycles. The minimum absolute atomic E-state index is 0.0520. The van der Waals surface area contributed by atoms with E-state index in [9.17, 15) is 9.59 Å². The molecule has 0 atom stereocenters. The Morgan fingerprint density at radius 2 is 2.04 bits per heavy atom. The van der Waals surface area contributed by atoms with Crippen LogP contribution in [0, 0.1) is 0 Å². The fourth-order valence-electron chi connectivity index (χ4n) is 2.98. The number of nitrogens with one attached hydrogen (secondary N) is 1. The summed E-state index contributed by atoms with van der Waals surface area (Å²) in [7, 11) is 0. The highest BCUT2D eigenvalue weighted by Gasteiger charge is 2.22. The molecule has 1 aromatic carbocycles. The van der Waals surface area contributed by atoms with Crippen molar-refractivity contribution in [1.29, 1.82) is 0 Å². The summed E-state index contributed by atoms with van der Waals surface area (Å²) < 4.78 is 7.11. The molecule has 2 aromatic rings. The Kier molecular flexibility index (Phi) is 6.38. The number of urea groups is 1. The molecule has 148 valence electrons. The number of piperidine rings is 1. The van der Waals surface area contributed by atoms with E-state index in [0.29, 0.717) is 37.9 Å². The monoisotopic (exact) mass is 384 g/mol. The first-order valence-corrected chi connectivity index (χ1v) is 9.16. The zero-order valence-electron chi connectivity index (χ0n) is 15.7. The highest BCUT2D eigenvalue weighted by atomic mass is 16.5. The number of benzene rings is 1. The second-order valence-corrected chi connectivity index (χ2v) is 6.45. The molecule has 28 heavy (non-hydrogen) atoms. The molecule has 0 radical (unpaired) electrons. The maximum Gasteiger partial charge on any atom is 0.314 e. The van der Waals surface area contributed by atoms with Crippen LogP contribution in [0.2, 0.25) is 0 Å². The molecular weight excluding hydrogens is 360 g/mol. The number of hydrogen-bond acceptors (Lipinski definition) is 6. The van der Waals surface area contributed by atoms with Crippen LogP contribution in [0.1, 0.15) is 19.8 Å². The third-order valence-corrected chi connectivity index (χ3v) is 4.61.